The number of halogens is 3. The molecule has 0 bridgehead atoms. The maximum atomic E-state index is 16.2. The Labute approximate surface area is 802 Å². The van der Waals surface area contributed by atoms with E-state index >= 15 is 47.9 Å². The maximum Gasteiger partial charge on any atom is 0.416 e. The maximum absolute atomic E-state index is 16.2. The molecule has 42 heteroatoms. The molecule has 12 amide bonds. The predicted octanol–water partition coefficient (Wildman–Crippen LogP) is 4.29. The van der Waals surface area contributed by atoms with Crippen LogP contribution in [0.2, 0.25) is 0 Å². The Morgan fingerprint density at radius 2 is 1.21 bits per heavy atom. The van der Waals surface area contributed by atoms with Crippen molar-refractivity contribution < 1.29 is 114 Å². The molecule has 37 nitrogen and oxygen atoms in total. The Kier molecular flexibility index (Phi) is 35.4. The van der Waals surface area contributed by atoms with E-state index in [-0.39, 0.29) is 62.1 Å². The summed E-state index contributed by atoms with van der Waals surface area (Å²) < 4.78 is 69.7. The van der Waals surface area contributed by atoms with Crippen molar-refractivity contribution in [3.63, 3.8) is 0 Å². The van der Waals surface area contributed by atoms with Crippen LogP contribution in [0.4, 0.5) is 13.2 Å². The van der Waals surface area contributed by atoms with Crippen LogP contribution >= 0.6 is 11.3 Å². The van der Waals surface area contributed by atoms with Gasteiger partial charge in [0.1, 0.15) is 75.5 Å². The number of phenols is 1. The number of ketones is 2. The number of nitrogens with zero attached hydrogens (tertiary/aromatic N) is 3. The van der Waals surface area contributed by atoms with Gasteiger partial charge in [0.2, 0.25) is 70.9 Å². The number of H-pyrrole nitrogens is 3. The summed E-state index contributed by atoms with van der Waals surface area (Å²) in [6.07, 6.45) is -6.78. The van der Waals surface area contributed by atoms with Gasteiger partial charge in [-0.3, -0.25) is 67.1 Å². The molecule has 2 aliphatic rings. The Balaban J connectivity index is 1.02. The summed E-state index contributed by atoms with van der Waals surface area (Å²) in [7, 11) is -2.96. The first-order valence-corrected chi connectivity index (χ1v) is 48.6. The number of benzene rings is 5. The van der Waals surface area contributed by atoms with Gasteiger partial charge in [0.25, 0.3) is 0 Å². The van der Waals surface area contributed by atoms with E-state index in [1.807, 2.05) is 0 Å². The van der Waals surface area contributed by atoms with Gasteiger partial charge in [-0.2, -0.15) is 13.2 Å². The Morgan fingerprint density at radius 1 is 0.640 bits per heavy atom. The second kappa shape index (κ2) is 46.6. The van der Waals surface area contributed by atoms with E-state index < -0.39 is 269 Å². The number of amides is 12. The number of aliphatic hydroxyl groups excluding tert-OH is 2. The third kappa shape index (κ3) is 27.6. The summed E-state index contributed by atoms with van der Waals surface area (Å²) in [6.45, 7) is 8.66. The number of aromatic hydroxyl groups is 1. The van der Waals surface area contributed by atoms with Crippen molar-refractivity contribution >= 4 is 142 Å². The van der Waals surface area contributed by atoms with Crippen LogP contribution in [-0.4, -0.2) is 257 Å². The number of aliphatic hydroxyl groups is 2. The zero-order valence-corrected chi connectivity index (χ0v) is 79.6. The van der Waals surface area contributed by atoms with Gasteiger partial charge >= 0.3 is 12.1 Å². The highest BCUT2D eigenvalue weighted by molar-refractivity contribution is 7.90. The number of carbonyl (C=O) groups excluding carboxylic acids is 14. The molecule has 744 valence electrons. The van der Waals surface area contributed by atoms with E-state index in [9.17, 15) is 66.0 Å². The normalized spacial score (nSPS) is 22.8. The number of para-hydroxylation sites is 3. The van der Waals surface area contributed by atoms with Crippen LogP contribution in [-0.2, 0) is 126 Å². The SMILES string of the molecule is CC[C@H](C)[C@@H]1NC(=O)[C@H]([C@@H](C)O)NC(=O)[C@H](C)NC(=O)C[C@@H](C(=O)N[C@@H](Cc2c[nH]c3ccccc23)C(=O)N(C)[C@@H](Cc2cscn2)C(=O)N[C@@H](CO)C(=O)O)NC(=O)[C@H](C(C)C)CC(=O)[C@H](CCS(C)(=O)=O)NC(=O)[C@H](Cc2ccc(C(F)(F)F)cc2)NC(=O)[C@](C)(Cc2c[nH]c3ccccc23)NC(=O)[C@H](Cc2c[nH]c3ccccc23)CC(=O)[C@@H](Cc2ccc(O)cc2)NC(=O)[C@@H]2CCCN2C1=O. The molecule has 0 saturated carbocycles. The number of hydrogen-bond donors (Lipinski definition) is 17. The summed E-state index contributed by atoms with van der Waals surface area (Å²) in [5.74, 6) is -22.6. The number of Topliss-reactive ketones (excluding diaryl/α,β-unsaturated/α-hetero) is 2. The van der Waals surface area contributed by atoms with E-state index in [4.69, 9.17) is 0 Å². The molecule has 9 aromatic rings. The smallest absolute Gasteiger partial charge is 0.416 e. The van der Waals surface area contributed by atoms with Crippen LogP contribution in [0.1, 0.15) is 132 Å². The Bertz CT molecular complexity index is 6110. The molecule has 17 N–H and O–H groups in total. The fourth-order valence-corrected chi connectivity index (χ4v) is 18.5. The van der Waals surface area contributed by atoms with Crippen molar-refractivity contribution in [2.45, 2.75) is 216 Å². The standard InChI is InChI=1S/C97H117F3N16O21S2/c1-10-52(4)82-93(132)116-34-17-24-77(116)89(128)107-72(36-56-27-31-63(119)32-28-56)79(120)40-57(38-58-45-101-68-21-14-11-18-64(58)68)85(124)114-96(7,44-60-47-103-70-23-16-13-20-66(60)70)95(135)111-73(37-55-25-29-61(30-26-55)97(98,99)100)87(126)106-71(33-35-139(9,136)137)80(121)42-67(51(2)3)86(125)108-74(43-81(122)105-53(5)84(123)113-83(54(6)118)91(130)112-82)88(127)109-75(39-59-46-102-69-22-15-12-19-65(59)69)92(131)115(8)78(41-62-49-138-50-104-62)90(129)110-76(48-117)94(133)134/h11-16,18-23,25-32,45-47,49-54,57,67,71-78,82-83,101-103,117-119H,10,17,24,33-44,48H2,1-9H3,(H,105,122)(H,106,126)(H,107,128)(H,108,125)(H,109,127)(H,110,129)(H,111,135)(H,112,130)(H,113,123)(H,114,124)(H,133,134)/t52-,53-,54+,57+,67-,71-,72+,73-,74-,75-,76-,77-,78-,82-,83-,96-/m0/s1. The molecule has 2 fully saturated rings. The van der Waals surface area contributed by atoms with Gasteiger partial charge in [0.05, 0.1) is 53.7 Å². The molecule has 6 heterocycles. The second-order valence-electron chi connectivity index (χ2n) is 36.3. The van der Waals surface area contributed by atoms with Crippen molar-refractivity contribution in [3.05, 3.63) is 190 Å². The number of rotatable bonds is 27. The Morgan fingerprint density at radius 3 is 1.78 bits per heavy atom. The van der Waals surface area contributed by atoms with Crippen LogP contribution < -0.4 is 53.2 Å². The minimum absolute atomic E-state index is 0.00891. The molecular formula is C97H117F3N16O21S2. The number of fused-ring (bicyclic) bond motifs is 4. The number of likely N-dealkylation sites (N-methyl/N-ethyl adjacent to an activating group) is 1. The van der Waals surface area contributed by atoms with Crippen molar-refractivity contribution in [2.24, 2.45) is 23.7 Å². The molecule has 16 atom stereocenters. The number of hydrogen-bond acceptors (Lipinski definition) is 22. The lowest BCUT2D eigenvalue weighted by molar-refractivity contribution is -0.146. The van der Waals surface area contributed by atoms with Gasteiger partial charge in [0, 0.05) is 127 Å². The van der Waals surface area contributed by atoms with Gasteiger partial charge in [0.15, 0.2) is 11.6 Å². The average Bonchev–Trinajstić information content (AvgIpc) is 1.69. The minimum Gasteiger partial charge on any atom is -0.508 e. The highest BCUT2D eigenvalue weighted by atomic mass is 32.2. The average molecular weight is 1960 g/mol. The number of alkyl halides is 3. The van der Waals surface area contributed by atoms with E-state index in [2.05, 4.69) is 73.1 Å². The molecule has 5 aromatic carbocycles. The van der Waals surface area contributed by atoms with Crippen LogP contribution in [0, 0.1) is 23.7 Å². The highest BCUT2D eigenvalue weighted by Crippen LogP contribution is 2.33. The fourth-order valence-electron chi connectivity index (χ4n) is 17.2. The number of sulfone groups is 1. The number of aliphatic carboxylic acids is 1. The predicted molar refractivity (Wildman–Crippen MR) is 506 cm³/mol. The van der Waals surface area contributed by atoms with Crippen molar-refractivity contribution in [2.75, 3.05) is 32.2 Å². The first kappa shape index (κ1) is 106. The summed E-state index contributed by atoms with van der Waals surface area (Å²) in [6, 6.07) is 10.2. The van der Waals surface area contributed by atoms with E-state index in [1.54, 1.807) is 104 Å². The van der Waals surface area contributed by atoms with Crippen molar-refractivity contribution in [1.29, 1.82) is 0 Å². The summed E-state index contributed by atoms with van der Waals surface area (Å²) in [5.41, 5.74) is 1.60. The van der Waals surface area contributed by atoms with Crippen LogP contribution in [0.25, 0.3) is 32.7 Å². The highest BCUT2D eigenvalue weighted by Gasteiger charge is 2.47. The third-order valence-corrected chi connectivity index (χ3v) is 27.1. The quantitative estimate of drug-likeness (QED) is 0.0341. The molecular weight excluding hydrogens is 1850 g/mol. The van der Waals surface area contributed by atoms with Crippen molar-refractivity contribution in [1.82, 2.24) is 82.9 Å². The fraction of sp³-hybridized carbons (Fsp3) is 0.443. The topological polar surface area (TPSA) is 558 Å². The lowest BCUT2D eigenvalue weighted by atomic mass is 9.86. The number of aromatic amines is 3. The molecule has 2 saturated heterocycles. The number of carbonyl (C=O) groups is 15. The summed E-state index contributed by atoms with van der Waals surface area (Å²) in [4.78, 5) is 244. The first-order chi connectivity index (χ1) is 65.8. The lowest BCUT2D eigenvalue weighted by Crippen LogP contribution is -2.63. The molecule has 4 aromatic heterocycles. The molecule has 139 heavy (non-hydrogen) atoms. The molecule has 0 radical (unpaired) electrons. The van der Waals surface area contributed by atoms with E-state index in [1.165, 1.54) is 61.6 Å². The van der Waals surface area contributed by atoms with Crippen LogP contribution in [0.5, 0.6) is 5.75 Å². The monoisotopic (exact) mass is 1960 g/mol. The Hall–Kier alpha value is -13.7. The first-order valence-electron chi connectivity index (χ1n) is 45.6. The van der Waals surface area contributed by atoms with E-state index in [0.29, 0.717) is 67.1 Å². The number of nitrogens with one attached hydrogen (secondary N) is 13. The largest absolute Gasteiger partial charge is 0.508 e. The molecule has 11 rings (SSSR count). The van der Waals surface area contributed by atoms with Gasteiger partial charge in [-0.05, 0) is 135 Å². The van der Waals surface area contributed by atoms with Crippen LogP contribution in [0.15, 0.2) is 151 Å². The number of thiazole rings is 1. The number of carboxylic acid groups (broad SMARTS) is 1. The minimum atomic E-state index is -4.88. The van der Waals surface area contributed by atoms with Gasteiger partial charge in [-0.1, -0.05) is 113 Å². The van der Waals surface area contributed by atoms with Gasteiger partial charge in [-0.15, -0.1) is 11.3 Å². The van der Waals surface area contributed by atoms with Crippen molar-refractivity contribution in [3.8, 4) is 5.75 Å². The lowest BCUT2D eigenvalue weighted by Gasteiger charge is -2.34. The third-order valence-electron chi connectivity index (χ3n) is 25.5. The summed E-state index contributed by atoms with van der Waals surface area (Å²) in [5, 5.41) is 70.9. The second-order valence-corrected chi connectivity index (χ2v) is 39.3. The van der Waals surface area contributed by atoms with Gasteiger partial charge < -0.3 is 98.3 Å². The molecule has 0 unspecified atom stereocenters. The van der Waals surface area contributed by atoms with Crippen LogP contribution in [0.3, 0.4) is 0 Å². The zero-order valence-electron chi connectivity index (χ0n) is 78.0. The molecule has 2 aliphatic heterocycles. The van der Waals surface area contributed by atoms with E-state index in [0.717, 1.165) is 55.5 Å². The van der Waals surface area contributed by atoms with Gasteiger partial charge in [-0.25, -0.2) is 18.2 Å². The molecule has 0 spiro atoms. The number of phenolic OH excluding ortho intramolecular Hbond substituents is 1. The zero-order chi connectivity index (χ0) is 101. The molecule has 0 aliphatic carbocycles. The number of aromatic nitrogens is 4. The number of carboxylic acids is 1. The summed E-state index contributed by atoms with van der Waals surface area (Å²) >= 11 is 1.11.